The second-order valence-electron chi connectivity index (χ2n) is 7.00. The van der Waals surface area contributed by atoms with Gasteiger partial charge in [-0.05, 0) is 33.3 Å². The molecule has 31 heavy (non-hydrogen) atoms. The number of anilines is 1. The molecule has 2 amide bonds. The van der Waals surface area contributed by atoms with Gasteiger partial charge in [0.15, 0.2) is 0 Å². The van der Waals surface area contributed by atoms with Crippen LogP contribution < -0.4 is 4.90 Å². The summed E-state index contributed by atoms with van der Waals surface area (Å²) in [5, 5.41) is 0. The fourth-order valence-corrected chi connectivity index (χ4v) is 7.76. The topological polar surface area (TPSA) is 68.3 Å². The quantitative estimate of drug-likeness (QED) is 0.287. The number of nitrogens with zero attached hydrogens (tertiary/aromatic N) is 2. The highest BCUT2D eigenvalue weighted by molar-refractivity contribution is 8.26. The monoisotopic (exact) mass is 480 g/mol. The van der Waals surface area contributed by atoms with Gasteiger partial charge in [-0.2, -0.15) is 0 Å². The average Bonchev–Trinajstić information content (AvgIpc) is 3.16. The summed E-state index contributed by atoms with van der Waals surface area (Å²) in [5.41, 5.74) is 2.00. The van der Waals surface area contributed by atoms with Crippen LogP contribution in [0.2, 0.25) is 6.04 Å². The van der Waals surface area contributed by atoms with Gasteiger partial charge in [0.05, 0.1) is 16.2 Å². The van der Waals surface area contributed by atoms with Crippen molar-refractivity contribution in [2.45, 2.75) is 33.2 Å². The molecule has 1 aromatic rings. The Morgan fingerprint density at radius 2 is 1.61 bits per heavy atom. The van der Waals surface area contributed by atoms with Crippen LogP contribution in [0.25, 0.3) is 5.57 Å². The lowest BCUT2D eigenvalue weighted by Crippen LogP contribution is -2.46. The van der Waals surface area contributed by atoms with E-state index in [1.807, 2.05) is 45.0 Å². The van der Waals surface area contributed by atoms with Crippen LogP contribution in [0.4, 0.5) is 5.69 Å². The predicted octanol–water partition coefficient (Wildman–Crippen LogP) is 3.67. The lowest BCUT2D eigenvalue weighted by Gasteiger charge is -2.29. The number of hydrogen-bond donors (Lipinski definition) is 0. The van der Waals surface area contributed by atoms with E-state index in [9.17, 15) is 9.59 Å². The summed E-state index contributed by atoms with van der Waals surface area (Å²) in [4.78, 5) is 29.6. The predicted molar refractivity (Wildman–Crippen MR) is 129 cm³/mol. The zero-order chi connectivity index (χ0) is 22.6. The molecular weight excluding hydrogens is 452 g/mol. The minimum absolute atomic E-state index is 0.183. The number of benzene rings is 1. The number of carbonyl (C=O) groups is 2. The van der Waals surface area contributed by atoms with Crippen molar-refractivity contribution in [3.8, 4) is 0 Å². The Labute approximate surface area is 194 Å². The molecule has 7 nitrogen and oxygen atoms in total. The van der Waals surface area contributed by atoms with Gasteiger partial charge in [-0.25, -0.2) is 0 Å². The van der Waals surface area contributed by atoms with Crippen molar-refractivity contribution in [1.82, 2.24) is 4.90 Å². The molecule has 2 heterocycles. The molecule has 2 aliphatic heterocycles. The molecule has 0 bridgehead atoms. The van der Waals surface area contributed by atoms with Crippen LogP contribution in [0, 0.1) is 0 Å². The highest BCUT2D eigenvalue weighted by Gasteiger charge is 2.43. The van der Waals surface area contributed by atoms with Gasteiger partial charge >= 0.3 is 8.80 Å². The smallest absolute Gasteiger partial charge is 0.374 e. The Kier molecular flexibility index (Phi) is 8.06. The maximum absolute atomic E-state index is 13.2. The molecule has 0 spiro atoms. The van der Waals surface area contributed by atoms with Crippen LogP contribution in [0.5, 0.6) is 0 Å². The first-order chi connectivity index (χ1) is 14.9. The largest absolute Gasteiger partial charge is 0.500 e. The molecule has 0 unspecified atom stereocenters. The van der Waals surface area contributed by atoms with Crippen molar-refractivity contribution in [1.29, 1.82) is 0 Å². The zero-order valence-electron chi connectivity index (χ0n) is 18.3. The van der Waals surface area contributed by atoms with Crippen LogP contribution >= 0.6 is 24.0 Å². The molecule has 168 valence electrons. The molecular formula is C21H28N2O5S2Si. The van der Waals surface area contributed by atoms with Crippen molar-refractivity contribution in [3.63, 3.8) is 0 Å². The SMILES string of the molecule is CCO[Si](CCCN1C(=O)/C(=C2/C(=O)N(C)c3ccccc32)SC1=S)(OCC)OCC. The molecule has 0 aliphatic carbocycles. The molecule has 10 heteroatoms. The number of para-hydroxylation sites is 1. The molecule has 1 aromatic carbocycles. The Hall–Kier alpha value is -1.56. The normalized spacial score (nSPS) is 19.0. The van der Waals surface area contributed by atoms with E-state index in [1.165, 1.54) is 11.8 Å². The molecule has 0 atom stereocenters. The molecule has 0 radical (unpaired) electrons. The number of hydrogen-bond acceptors (Lipinski definition) is 7. The van der Waals surface area contributed by atoms with Crippen LogP contribution in [0.15, 0.2) is 29.2 Å². The van der Waals surface area contributed by atoms with Crippen molar-refractivity contribution < 1.29 is 22.9 Å². The van der Waals surface area contributed by atoms with E-state index >= 15 is 0 Å². The van der Waals surface area contributed by atoms with Gasteiger partial charge in [0, 0.05) is 45.0 Å². The Bertz CT molecular complexity index is 890. The van der Waals surface area contributed by atoms with Crippen LogP contribution in [-0.4, -0.2) is 63.3 Å². The number of likely N-dealkylation sites (N-methyl/N-ethyl adjacent to an activating group) is 1. The van der Waals surface area contributed by atoms with E-state index in [-0.39, 0.29) is 11.8 Å². The molecule has 1 fully saturated rings. The summed E-state index contributed by atoms with van der Waals surface area (Å²) >= 11 is 6.68. The summed E-state index contributed by atoms with van der Waals surface area (Å²) in [5.74, 6) is -0.405. The highest BCUT2D eigenvalue weighted by atomic mass is 32.2. The number of thioether (sulfide) groups is 1. The standard InChI is InChI=1S/C21H28N2O5S2Si/c1-5-26-31(27-6-2,28-7-3)14-10-13-23-20(25)18(30-21(23)29)17-15-11-8-9-12-16(15)22(4)19(17)24/h8-9,11-12H,5-7,10,13-14H2,1-4H3/b18-17-. The van der Waals surface area contributed by atoms with Crippen molar-refractivity contribution in [2.75, 3.05) is 38.3 Å². The fourth-order valence-electron chi connectivity index (χ4n) is 3.79. The van der Waals surface area contributed by atoms with E-state index in [1.54, 1.807) is 16.8 Å². The maximum atomic E-state index is 13.2. The Balaban J connectivity index is 1.77. The van der Waals surface area contributed by atoms with Crippen LogP contribution in [-0.2, 0) is 22.9 Å². The first-order valence-electron chi connectivity index (χ1n) is 10.5. The molecule has 1 saturated heterocycles. The summed E-state index contributed by atoms with van der Waals surface area (Å²) in [6.45, 7) is 7.71. The third kappa shape index (κ3) is 4.79. The minimum atomic E-state index is -2.78. The fraction of sp³-hybridized carbons (Fsp3) is 0.476. The van der Waals surface area contributed by atoms with Gasteiger partial charge < -0.3 is 18.2 Å². The van der Waals surface area contributed by atoms with Crippen LogP contribution in [0.3, 0.4) is 0 Å². The molecule has 0 aromatic heterocycles. The second-order valence-corrected chi connectivity index (χ2v) is 11.4. The molecule has 0 saturated carbocycles. The number of thiocarbonyl (C=S) groups is 1. The third-order valence-corrected chi connectivity index (χ3v) is 9.69. The van der Waals surface area contributed by atoms with E-state index in [0.717, 1.165) is 11.3 Å². The van der Waals surface area contributed by atoms with Crippen molar-refractivity contribution in [3.05, 3.63) is 34.7 Å². The van der Waals surface area contributed by atoms with Gasteiger partial charge in [-0.3, -0.25) is 14.5 Å². The first kappa shape index (κ1) is 24.1. The van der Waals surface area contributed by atoms with Crippen molar-refractivity contribution >= 4 is 60.2 Å². The summed E-state index contributed by atoms with van der Waals surface area (Å²) in [6.07, 6.45) is 0.631. The summed E-state index contributed by atoms with van der Waals surface area (Å²) in [7, 11) is -1.07. The van der Waals surface area contributed by atoms with E-state index in [4.69, 9.17) is 25.5 Å². The summed E-state index contributed by atoms with van der Waals surface area (Å²) < 4.78 is 18.1. The van der Waals surface area contributed by atoms with E-state index < -0.39 is 8.80 Å². The third-order valence-electron chi connectivity index (χ3n) is 5.09. The Morgan fingerprint density at radius 3 is 2.23 bits per heavy atom. The lowest BCUT2D eigenvalue weighted by atomic mass is 10.1. The molecule has 3 rings (SSSR count). The van der Waals surface area contributed by atoms with Gasteiger partial charge in [-0.1, -0.05) is 42.2 Å². The maximum Gasteiger partial charge on any atom is 0.500 e. The number of rotatable bonds is 10. The first-order valence-corrected chi connectivity index (χ1v) is 13.6. The number of carbonyl (C=O) groups excluding carboxylic acids is 2. The van der Waals surface area contributed by atoms with Crippen LogP contribution in [0.1, 0.15) is 32.8 Å². The van der Waals surface area contributed by atoms with Gasteiger partial charge in [0.25, 0.3) is 11.8 Å². The molecule has 2 aliphatic rings. The summed E-state index contributed by atoms with van der Waals surface area (Å²) in [6, 6.07) is 8.08. The van der Waals surface area contributed by atoms with E-state index in [0.29, 0.717) is 53.6 Å². The van der Waals surface area contributed by atoms with Gasteiger partial charge in [0.2, 0.25) is 0 Å². The van der Waals surface area contributed by atoms with Gasteiger partial charge in [0.1, 0.15) is 4.32 Å². The number of amides is 2. The molecule has 0 N–H and O–H groups in total. The second kappa shape index (κ2) is 10.4. The zero-order valence-corrected chi connectivity index (χ0v) is 20.9. The minimum Gasteiger partial charge on any atom is -0.374 e. The van der Waals surface area contributed by atoms with Crippen molar-refractivity contribution in [2.24, 2.45) is 0 Å². The average molecular weight is 481 g/mol. The van der Waals surface area contributed by atoms with E-state index in [2.05, 4.69) is 0 Å². The number of fused-ring (bicyclic) bond motifs is 1. The highest BCUT2D eigenvalue weighted by Crippen LogP contribution is 2.44. The lowest BCUT2D eigenvalue weighted by molar-refractivity contribution is -0.122. The van der Waals surface area contributed by atoms with Gasteiger partial charge in [-0.15, -0.1) is 0 Å². The Morgan fingerprint density at radius 1 is 1.00 bits per heavy atom.